The molecule has 0 aliphatic carbocycles. The average molecular weight is 163 g/mol. The zero-order chi connectivity index (χ0) is 8.97. The van der Waals surface area contributed by atoms with Crippen LogP contribution in [0.4, 0.5) is 11.4 Å². The van der Waals surface area contributed by atoms with E-state index in [1.807, 2.05) is 26.4 Å². The number of rotatable bonds is 3. The third-order valence-corrected chi connectivity index (χ3v) is 1.68. The second kappa shape index (κ2) is 3.76. The highest BCUT2D eigenvalue weighted by atomic mass is 16.1. The first-order valence-corrected chi connectivity index (χ1v) is 3.69. The minimum atomic E-state index is 0.554. The molecule has 0 atom stereocenters. The molecule has 1 aromatic rings. The predicted molar refractivity (Wildman–Crippen MR) is 50.3 cm³/mol. The Morgan fingerprint density at radius 3 is 2.33 bits per heavy atom. The Morgan fingerprint density at radius 1 is 1.17 bits per heavy atom. The molecular weight excluding hydrogens is 152 g/mol. The van der Waals surface area contributed by atoms with Crippen LogP contribution in [0.15, 0.2) is 18.2 Å². The van der Waals surface area contributed by atoms with Gasteiger partial charge in [-0.3, -0.25) is 4.79 Å². The summed E-state index contributed by atoms with van der Waals surface area (Å²) in [5, 5.41) is 5.99. The summed E-state index contributed by atoms with van der Waals surface area (Å²) < 4.78 is 0. The van der Waals surface area contributed by atoms with Gasteiger partial charge in [-0.2, -0.15) is 0 Å². The SMILES string of the molecule is CNc1ccc([C]=O)cc1NC. The van der Waals surface area contributed by atoms with E-state index in [2.05, 4.69) is 10.6 Å². The molecule has 0 fully saturated rings. The molecule has 0 saturated carbocycles. The van der Waals surface area contributed by atoms with E-state index in [0.29, 0.717) is 5.56 Å². The molecule has 0 bridgehead atoms. The maximum atomic E-state index is 10.3. The van der Waals surface area contributed by atoms with E-state index in [9.17, 15) is 4.79 Å². The molecule has 2 N–H and O–H groups in total. The van der Waals surface area contributed by atoms with Crippen molar-refractivity contribution in [3.05, 3.63) is 23.8 Å². The molecule has 1 rings (SSSR count). The topological polar surface area (TPSA) is 41.1 Å². The van der Waals surface area contributed by atoms with Crippen molar-refractivity contribution in [1.29, 1.82) is 0 Å². The molecule has 0 amide bonds. The van der Waals surface area contributed by atoms with E-state index in [-0.39, 0.29) is 0 Å². The van der Waals surface area contributed by atoms with E-state index in [1.165, 1.54) is 0 Å². The van der Waals surface area contributed by atoms with Crippen molar-refractivity contribution in [2.45, 2.75) is 0 Å². The van der Waals surface area contributed by atoms with Crippen molar-refractivity contribution in [3.8, 4) is 0 Å². The lowest BCUT2D eigenvalue weighted by Gasteiger charge is -2.07. The summed E-state index contributed by atoms with van der Waals surface area (Å²) in [4.78, 5) is 10.3. The predicted octanol–water partition coefficient (Wildman–Crippen LogP) is 1.23. The Kier molecular flexibility index (Phi) is 2.69. The molecule has 0 heterocycles. The van der Waals surface area contributed by atoms with Gasteiger partial charge in [0.1, 0.15) is 0 Å². The molecule has 12 heavy (non-hydrogen) atoms. The van der Waals surface area contributed by atoms with E-state index in [1.54, 1.807) is 12.1 Å². The van der Waals surface area contributed by atoms with Crippen LogP contribution < -0.4 is 10.6 Å². The highest BCUT2D eigenvalue weighted by Gasteiger charge is 1.99. The fourth-order valence-corrected chi connectivity index (χ4v) is 1.03. The van der Waals surface area contributed by atoms with E-state index in [4.69, 9.17) is 0 Å². The minimum absolute atomic E-state index is 0.554. The van der Waals surface area contributed by atoms with Crippen molar-refractivity contribution < 1.29 is 4.79 Å². The molecule has 1 aromatic carbocycles. The Bertz CT molecular complexity index is 284. The molecule has 3 nitrogen and oxygen atoms in total. The van der Waals surface area contributed by atoms with Gasteiger partial charge in [-0.05, 0) is 18.2 Å². The number of nitrogens with one attached hydrogen (secondary N) is 2. The number of benzene rings is 1. The lowest BCUT2D eigenvalue weighted by atomic mass is 10.2. The number of hydrogen-bond acceptors (Lipinski definition) is 3. The first-order chi connectivity index (χ1) is 5.81. The molecule has 0 spiro atoms. The Labute approximate surface area is 71.8 Å². The quantitative estimate of drug-likeness (QED) is 0.704. The lowest BCUT2D eigenvalue weighted by Crippen LogP contribution is -1.97. The Hall–Kier alpha value is -1.51. The van der Waals surface area contributed by atoms with Crippen molar-refractivity contribution >= 4 is 17.7 Å². The fraction of sp³-hybridized carbons (Fsp3) is 0.222. The summed E-state index contributed by atoms with van der Waals surface area (Å²) in [6.45, 7) is 0. The summed E-state index contributed by atoms with van der Waals surface area (Å²) in [6.07, 6.45) is 1.84. The minimum Gasteiger partial charge on any atom is -0.386 e. The van der Waals surface area contributed by atoms with Crippen LogP contribution >= 0.6 is 0 Å². The monoisotopic (exact) mass is 163 g/mol. The normalized spacial score (nSPS) is 9.17. The zero-order valence-electron chi connectivity index (χ0n) is 7.14. The van der Waals surface area contributed by atoms with E-state index >= 15 is 0 Å². The first-order valence-electron chi connectivity index (χ1n) is 3.69. The lowest BCUT2D eigenvalue weighted by molar-refractivity contribution is 0.563. The molecular formula is C9H11N2O. The van der Waals surface area contributed by atoms with Gasteiger partial charge in [-0.25, -0.2) is 0 Å². The summed E-state index contributed by atoms with van der Waals surface area (Å²) in [6, 6.07) is 5.31. The van der Waals surface area contributed by atoms with Gasteiger partial charge in [0.05, 0.1) is 11.4 Å². The van der Waals surface area contributed by atoms with Gasteiger partial charge in [0.15, 0.2) is 0 Å². The molecule has 0 saturated heterocycles. The molecule has 1 radical (unpaired) electrons. The van der Waals surface area contributed by atoms with Crippen LogP contribution in [0.1, 0.15) is 5.56 Å². The summed E-state index contributed by atoms with van der Waals surface area (Å²) in [5.74, 6) is 0. The standard InChI is InChI=1S/C9H11N2O/c1-10-8-4-3-7(6-12)5-9(8)11-2/h3-5,10-11H,1-2H3. The van der Waals surface area contributed by atoms with Crippen LogP contribution in [0.5, 0.6) is 0 Å². The number of hydrogen-bond donors (Lipinski definition) is 2. The van der Waals surface area contributed by atoms with Crippen LogP contribution in [-0.2, 0) is 4.79 Å². The number of anilines is 2. The Balaban J connectivity index is 3.10. The third kappa shape index (κ3) is 1.56. The zero-order valence-corrected chi connectivity index (χ0v) is 7.14. The third-order valence-electron chi connectivity index (χ3n) is 1.68. The maximum absolute atomic E-state index is 10.3. The molecule has 0 aliphatic rings. The molecule has 63 valence electrons. The van der Waals surface area contributed by atoms with Crippen LogP contribution in [0, 0.1) is 0 Å². The molecule has 0 unspecified atom stereocenters. The maximum Gasteiger partial charge on any atom is 0.233 e. The highest BCUT2D eigenvalue weighted by molar-refractivity contribution is 5.81. The van der Waals surface area contributed by atoms with E-state index in [0.717, 1.165) is 11.4 Å². The second-order valence-corrected chi connectivity index (χ2v) is 2.36. The van der Waals surface area contributed by atoms with Gasteiger partial charge >= 0.3 is 0 Å². The van der Waals surface area contributed by atoms with Crippen LogP contribution in [0.3, 0.4) is 0 Å². The molecule has 0 aliphatic heterocycles. The summed E-state index contributed by atoms with van der Waals surface area (Å²) in [7, 11) is 3.64. The Morgan fingerprint density at radius 2 is 1.83 bits per heavy atom. The van der Waals surface area contributed by atoms with Crippen molar-refractivity contribution in [1.82, 2.24) is 0 Å². The molecule has 3 heteroatoms. The van der Waals surface area contributed by atoms with Crippen LogP contribution in [-0.4, -0.2) is 20.4 Å². The van der Waals surface area contributed by atoms with Crippen molar-refractivity contribution in [3.63, 3.8) is 0 Å². The summed E-state index contributed by atoms with van der Waals surface area (Å²) in [5.41, 5.74) is 2.42. The van der Waals surface area contributed by atoms with Gasteiger partial charge in [0.25, 0.3) is 0 Å². The van der Waals surface area contributed by atoms with Crippen LogP contribution in [0.2, 0.25) is 0 Å². The van der Waals surface area contributed by atoms with Crippen molar-refractivity contribution in [2.75, 3.05) is 24.7 Å². The van der Waals surface area contributed by atoms with Gasteiger partial charge < -0.3 is 10.6 Å². The molecule has 0 aromatic heterocycles. The second-order valence-electron chi connectivity index (χ2n) is 2.36. The van der Waals surface area contributed by atoms with Gasteiger partial charge in [0.2, 0.25) is 6.29 Å². The largest absolute Gasteiger partial charge is 0.386 e. The van der Waals surface area contributed by atoms with Gasteiger partial charge in [-0.1, -0.05) is 0 Å². The van der Waals surface area contributed by atoms with E-state index < -0.39 is 0 Å². The number of carbonyl (C=O) groups excluding carboxylic acids is 1. The van der Waals surface area contributed by atoms with Gasteiger partial charge in [-0.15, -0.1) is 0 Å². The highest BCUT2D eigenvalue weighted by Crippen LogP contribution is 2.20. The van der Waals surface area contributed by atoms with Crippen molar-refractivity contribution in [2.24, 2.45) is 0 Å². The average Bonchev–Trinajstić information content (AvgIpc) is 2.16. The summed E-state index contributed by atoms with van der Waals surface area (Å²) >= 11 is 0. The first kappa shape index (κ1) is 8.59. The smallest absolute Gasteiger partial charge is 0.233 e. The fourth-order valence-electron chi connectivity index (χ4n) is 1.03. The van der Waals surface area contributed by atoms with Crippen LogP contribution in [0.25, 0.3) is 0 Å². The van der Waals surface area contributed by atoms with Gasteiger partial charge in [0, 0.05) is 19.7 Å².